The first-order chi connectivity index (χ1) is 18.9. The molecule has 0 radical (unpaired) electrons. The van der Waals surface area contributed by atoms with Crippen LogP contribution in [0.25, 0.3) is 10.9 Å². The molecule has 1 aromatic heterocycles. The predicted octanol–water partition coefficient (Wildman–Crippen LogP) is 5.63. The Bertz CT molecular complexity index is 1450. The monoisotopic (exact) mass is 533 g/mol. The molecule has 38 heavy (non-hydrogen) atoms. The van der Waals surface area contributed by atoms with Gasteiger partial charge in [-0.05, 0) is 55.5 Å². The second-order valence-corrected chi connectivity index (χ2v) is 10.4. The number of benzene rings is 2. The molecule has 6 rings (SSSR count). The molecule has 0 bridgehead atoms. The minimum atomic E-state index is -1.50. The molecule has 3 aliphatic rings. The number of anilines is 2. The zero-order valence-electron chi connectivity index (χ0n) is 21.8. The number of nitrogens with zero attached hydrogens (tertiary/aromatic N) is 3. The van der Waals surface area contributed by atoms with Gasteiger partial charge in [0.1, 0.15) is 11.9 Å². The van der Waals surface area contributed by atoms with Crippen molar-refractivity contribution in [2.75, 3.05) is 10.7 Å². The smallest absolute Gasteiger partial charge is 0.123 e. The maximum absolute atomic E-state index is 13.8. The molecule has 1 unspecified atom stereocenters. The average Bonchev–Trinajstić information content (AvgIpc) is 3.68. The summed E-state index contributed by atoms with van der Waals surface area (Å²) in [7, 11) is 0. The van der Waals surface area contributed by atoms with Crippen LogP contribution in [0.4, 0.5) is 15.8 Å². The first-order valence-corrected chi connectivity index (χ1v) is 13.4. The number of pyridine rings is 1. The summed E-state index contributed by atoms with van der Waals surface area (Å²) in [6.07, 6.45) is 11.3. The number of halogens is 2. The topological polar surface area (TPSA) is 100 Å². The number of nitriles is 1. The van der Waals surface area contributed by atoms with E-state index in [1.807, 2.05) is 17.3 Å². The zero-order valence-corrected chi connectivity index (χ0v) is 21.6. The minimum Gasteiger partial charge on any atom is -0.373 e. The van der Waals surface area contributed by atoms with Gasteiger partial charge in [0, 0.05) is 35.6 Å². The molecule has 5 N–H and O–H groups in total. The molecule has 0 spiro atoms. The molecule has 2 fully saturated rings. The summed E-state index contributed by atoms with van der Waals surface area (Å²) in [5, 5.41) is 16.1. The Hall–Kier alpha value is -3.58. The van der Waals surface area contributed by atoms with E-state index < -0.39 is 6.02 Å². The van der Waals surface area contributed by atoms with Crippen molar-refractivity contribution in [3.05, 3.63) is 76.5 Å². The van der Waals surface area contributed by atoms with Crippen LogP contribution in [-0.4, -0.2) is 22.1 Å². The van der Waals surface area contributed by atoms with E-state index in [0.717, 1.165) is 25.7 Å². The maximum atomic E-state index is 13.8. The predicted molar refractivity (Wildman–Crippen MR) is 147 cm³/mol. The summed E-state index contributed by atoms with van der Waals surface area (Å²) in [6.45, 7) is 0. The molecule has 1 aliphatic heterocycles. The molecule has 8 nitrogen and oxygen atoms in total. The van der Waals surface area contributed by atoms with Gasteiger partial charge < -0.3 is 16.2 Å². The molecule has 0 amide bonds. The molecule has 2 aromatic carbocycles. The van der Waals surface area contributed by atoms with Crippen molar-refractivity contribution in [1.29, 1.82) is 5.26 Å². The van der Waals surface area contributed by atoms with Gasteiger partial charge in [0.25, 0.3) is 0 Å². The molecule has 2 aliphatic carbocycles. The molecule has 196 valence electrons. The SMILES string of the molecule is [2H]C(Nc1cc(Cl)c2ncc(C#N)c(NNC3CCCCC3)c2c1)(C1=CN(C2CC2)NN1)c1ccc(F)cc1. The number of rotatable bonds is 8. The van der Waals surface area contributed by atoms with Crippen LogP contribution < -0.4 is 27.1 Å². The van der Waals surface area contributed by atoms with Crippen molar-refractivity contribution < 1.29 is 5.76 Å². The number of hydrogen-bond acceptors (Lipinski definition) is 8. The minimum absolute atomic E-state index is 0.312. The van der Waals surface area contributed by atoms with Gasteiger partial charge in [-0.15, -0.1) is 5.53 Å². The van der Waals surface area contributed by atoms with Gasteiger partial charge in [0.05, 0.1) is 34.9 Å². The number of hydrazine groups is 3. The number of aromatic nitrogens is 1. The van der Waals surface area contributed by atoms with Crippen LogP contribution >= 0.6 is 11.6 Å². The summed E-state index contributed by atoms with van der Waals surface area (Å²) < 4.78 is 23.4. The fourth-order valence-electron chi connectivity index (χ4n) is 5.03. The highest BCUT2D eigenvalue weighted by atomic mass is 35.5. The molecule has 3 aromatic rings. The summed E-state index contributed by atoms with van der Waals surface area (Å²) in [5.41, 5.74) is 16.1. The van der Waals surface area contributed by atoms with Crippen LogP contribution in [0.2, 0.25) is 5.02 Å². The molecule has 1 atom stereocenters. The normalized spacial score (nSPS) is 19.8. The van der Waals surface area contributed by atoms with E-state index in [1.54, 1.807) is 18.2 Å². The number of hydrogen-bond donors (Lipinski definition) is 5. The Labute approximate surface area is 227 Å². The largest absolute Gasteiger partial charge is 0.373 e. The highest BCUT2D eigenvalue weighted by Gasteiger charge is 2.32. The summed E-state index contributed by atoms with van der Waals surface area (Å²) >= 11 is 6.71. The van der Waals surface area contributed by atoms with E-state index in [0.29, 0.717) is 56.2 Å². The lowest BCUT2D eigenvalue weighted by Gasteiger charge is -2.25. The van der Waals surface area contributed by atoms with Crippen molar-refractivity contribution in [3.63, 3.8) is 0 Å². The molecular formula is C28H30ClFN8. The Morgan fingerprint density at radius 2 is 1.95 bits per heavy atom. The second kappa shape index (κ2) is 10.7. The maximum Gasteiger partial charge on any atom is 0.123 e. The lowest BCUT2D eigenvalue weighted by Crippen LogP contribution is -2.38. The molecule has 2 heterocycles. The highest BCUT2D eigenvalue weighted by molar-refractivity contribution is 6.35. The number of fused-ring (bicyclic) bond motifs is 1. The Morgan fingerprint density at radius 1 is 1.16 bits per heavy atom. The van der Waals surface area contributed by atoms with Gasteiger partial charge in [0.2, 0.25) is 0 Å². The van der Waals surface area contributed by atoms with Gasteiger partial charge in [-0.1, -0.05) is 43.0 Å². The van der Waals surface area contributed by atoms with E-state index in [9.17, 15) is 11.0 Å². The standard InChI is InChI=1S/C28H30ClFN8/c29-24-13-21(12-23-26(18(14-31)15-32-28(23)24)36-34-20-4-2-1-3-5-20)33-27(17-6-8-19(30)9-7-17)25-16-38(37-35-25)22-10-11-22/h6-9,12-13,15-16,20,22,27,33-35,37H,1-5,10-11H2,(H,32,36)/i27D. The van der Waals surface area contributed by atoms with Gasteiger partial charge >= 0.3 is 0 Å². The lowest BCUT2D eigenvalue weighted by molar-refractivity contribution is 0.260. The van der Waals surface area contributed by atoms with Crippen LogP contribution in [0.1, 0.15) is 63.5 Å². The van der Waals surface area contributed by atoms with Crippen LogP contribution in [0.3, 0.4) is 0 Å². The van der Waals surface area contributed by atoms with Gasteiger partial charge in [-0.3, -0.25) is 9.99 Å². The summed E-state index contributed by atoms with van der Waals surface area (Å²) in [4.78, 5) is 4.45. The van der Waals surface area contributed by atoms with E-state index in [-0.39, 0.29) is 5.82 Å². The Morgan fingerprint density at radius 3 is 2.68 bits per heavy atom. The lowest BCUT2D eigenvalue weighted by atomic mass is 9.96. The Kier molecular flexibility index (Phi) is 6.60. The van der Waals surface area contributed by atoms with Gasteiger partial charge in [0.15, 0.2) is 0 Å². The van der Waals surface area contributed by atoms with Crippen molar-refractivity contribution in [3.8, 4) is 6.07 Å². The molecule has 10 heteroatoms. The summed E-state index contributed by atoms with van der Waals surface area (Å²) in [6, 6.07) is 10.8. The zero-order chi connectivity index (χ0) is 27.0. The summed E-state index contributed by atoms with van der Waals surface area (Å²) in [5.74, 6) is -0.378. The molecular weight excluding hydrogens is 503 g/mol. The average molecular weight is 534 g/mol. The van der Waals surface area contributed by atoms with Crippen molar-refractivity contribution >= 4 is 33.9 Å². The third-order valence-corrected chi connectivity index (χ3v) is 7.54. The van der Waals surface area contributed by atoms with E-state index in [4.69, 9.17) is 11.6 Å². The quantitative estimate of drug-likeness (QED) is 0.238. The number of nitrogens with one attached hydrogen (secondary N) is 5. The van der Waals surface area contributed by atoms with E-state index in [1.165, 1.54) is 37.6 Å². The second-order valence-electron chi connectivity index (χ2n) is 10.0. The first kappa shape index (κ1) is 23.5. The van der Waals surface area contributed by atoms with Crippen molar-refractivity contribution in [2.24, 2.45) is 0 Å². The van der Waals surface area contributed by atoms with Gasteiger partial charge in [-0.25, -0.2) is 9.82 Å². The van der Waals surface area contributed by atoms with Crippen LogP contribution in [0, 0.1) is 17.1 Å². The van der Waals surface area contributed by atoms with Crippen LogP contribution in [0.15, 0.2) is 54.5 Å². The van der Waals surface area contributed by atoms with Crippen LogP contribution in [-0.2, 0) is 0 Å². The third kappa shape index (κ3) is 5.20. The Balaban J connectivity index is 1.39. The van der Waals surface area contributed by atoms with Crippen molar-refractivity contribution in [2.45, 2.75) is 63.0 Å². The molecule has 0 saturated heterocycles. The van der Waals surface area contributed by atoms with Crippen LogP contribution in [0.5, 0.6) is 0 Å². The van der Waals surface area contributed by atoms with E-state index in [2.05, 4.69) is 38.2 Å². The van der Waals surface area contributed by atoms with E-state index >= 15 is 0 Å². The third-order valence-electron chi connectivity index (χ3n) is 7.25. The fourth-order valence-corrected chi connectivity index (χ4v) is 5.30. The fraction of sp³-hybridized carbons (Fsp3) is 0.357. The highest BCUT2D eigenvalue weighted by Crippen LogP contribution is 2.36. The first-order valence-electron chi connectivity index (χ1n) is 13.5. The van der Waals surface area contributed by atoms with Gasteiger partial charge in [-0.2, -0.15) is 5.26 Å². The van der Waals surface area contributed by atoms with Crippen molar-refractivity contribution in [1.82, 2.24) is 26.4 Å². The molecule has 2 saturated carbocycles.